The van der Waals surface area contributed by atoms with Gasteiger partial charge in [0.25, 0.3) is 0 Å². The molecule has 2 heterocycles. The van der Waals surface area contributed by atoms with E-state index in [1.165, 1.54) is 13.0 Å². The van der Waals surface area contributed by atoms with Crippen LogP contribution in [0.3, 0.4) is 0 Å². The van der Waals surface area contributed by atoms with Gasteiger partial charge in [0.2, 0.25) is 0 Å². The van der Waals surface area contributed by atoms with Gasteiger partial charge in [0.15, 0.2) is 0 Å². The van der Waals surface area contributed by atoms with Crippen molar-refractivity contribution in [2.45, 2.75) is 65.2 Å². The molecule has 0 aromatic rings. The molecule has 0 saturated carbocycles. The third kappa shape index (κ3) is 5.04. The maximum Gasteiger partial charge on any atom is 0.149 e. The molecular weight excluding hydrogens is 264 g/mol. The lowest BCUT2D eigenvalue weighted by Crippen LogP contribution is -2.42. The van der Waals surface area contributed by atoms with Crippen LogP contribution in [0.4, 0.5) is 0 Å². The van der Waals surface area contributed by atoms with Crippen LogP contribution in [0.2, 0.25) is 0 Å². The average Bonchev–Trinajstić information content (AvgIpc) is 2.89. The zero-order valence-electron chi connectivity index (χ0n) is 14.2. The monoisotopic (exact) mass is 296 g/mol. The Morgan fingerprint density at radius 1 is 1.05 bits per heavy atom. The molecule has 0 bridgehead atoms. The van der Waals surface area contributed by atoms with Gasteiger partial charge in [-0.25, -0.2) is 0 Å². The van der Waals surface area contributed by atoms with Crippen molar-refractivity contribution in [2.24, 2.45) is 5.92 Å². The van der Waals surface area contributed by atoms with E-state index in [4.69, 9.17) is 4.74 Å². The largest absolute Gasteiger partial charge is 0.374 e. The molecule has 2 aliphatic rings. The van der Waals surface area contributed by atoms with Crippen LogP contribution in [-0.4, -0.2) is 66.6 Å². The predicted molar refractivity (Wildman–Crippen MR) is 85.5 cm³/mol. The molecule has 0 amide bonds. The van der Waals surface area contributed by atoms with Crippen LogP contribution in [0.25, 0.3) is 0 Å². The van der Waals surface area contributed by atoms with Gasteiger partial charge in [0, 0.05) is 38.1 Å². The molecule has 21 heavy (non-hydrogen) atoms. The van der Waals surface area contributed by atoms with E-state index in [0.717, 1.165) is 32.5 Å². The van der Waals surface area contributed by atoms with Gasteiger partial charge < -0.3 is 4.74 Å². The van der Waals surface area contributed by atoms with Crippen LogP contribution >= 0.6 is 0 Å². The van der Waals surface area contributed by atoms with Crippen molar-refractivity contribution < 1.29 is 9.53 Å². The molecule has 4 heteroatoms. The number of hydrogen-bond acceptors (Lipinski definition) is 4. The van der Waals surface area contributed by atoms with E-state index in [9.17, 15) is 4.79 Å². The zero-order chi connectivity index (χ0) is 15.4. The summed E-state index contributed by atoms with van der Waals surface area (Å²) in [6, 6.07) is 0.627. The van der Waals surface area contributed by atoms with Crippen LogP contribution in [0, 0.1) is 5.92 Å². The highest BCUT2D eigenvalue weighted by Crippen LogP contribution is 2.21. The molecular formula is C17H32N2O2. The Bertz CT molecular complexity index is 336. The van der Waals surface area contributed by atoms with Crippen molar-refractivity contribution in [3.63, 3.8) is 0 Å². The summed E-state index contributed by atoms with van der Waals surface area (Å²) in [5, 5.41) is 0. The van der Waals surface area contributed by atoms with E-state index in [0.29, 0.717) is 30.6 Å². The Kier molecular flexibility index (Phi) is 6.20. The molecule has 4 nitrogen and oxygen atoms in total. The third-order valence-electron chi connectivity index (χ3n) is 4.85. The summed E-state index contributed by atoms with van der Waals surface area (Å²) in [6.07, 6.45) is 4.13. The predicted octanol–water partition coefficient (Wildman–Crippen LogP) is 2.18. The van der Waals surface area contributed by atoms with Crippen molar-refractivity contribution in [1.29, 1.82) is 0 Å². The zero-order valence-corrected chi connectivity index (χ0v) is 14.2. The van der Waals surface area contributed by atoms with Gasteiger partial charge in [-0.2, -0.15) is 0 Å². The Labute approximate surface area is 129 Å². The van der Waals surface area contributed by atoms with E-state index in [1.54, 1.807) is 0 Å². The number of carbonyl (C=O) groups excluding carboxylic acids is 1. The highest BCUT2D eigenvalue weighted by Gasteiger charge is 2.29. The van der Waals surface area contributed by atoms with Crippen LogP contribution in [0.1, 0.15) is 47.0 Å². The van der Waals surface area contributed by atoms with E-state index >= 15 is 0 Å². The summed E-state index contributed by atoms with van der Waals surface area (Å²) in [5.74, 6) is 0.511. The van der Waals surface area contributed by atoms with Crippen LogP contribution in [0.5, 0.6) is 0 Å². The number of likely N-dealkylation sites (tertiary alicyclic amines) is 2. The van der Waals surface area contributed by atoms with E-state index in [-0.39, 0.29) is 5.92 Å². The first-order valence-electron chi connectivity index (χ1n) is 8.60. The molecule has 0 aliphatic carbocycles. The minimum atomic E-state index is 0.152. The summed E-state index contributed by atoms with van der Waals surface area (Å²) >= 11 is 0. The summed E-state index contributed by atoms with van der Waals surface area (Å²) in [7, 11) is 0. The first-order chi connectivity index (χ1) is 9.95. The van der Waals surface area contributed by atoms with Gasteiger partial charge in [-0.3, -0.25) is 14.6 Å². The van der Waals surface area contributed by atoms with Crippen molar-refractivity contribution in [3.05, 3.63) is 0 Å². The Hall–Kier alpha value is -0.450. The second-order valence-electron chi connectivity index (χ2n) is 7.23. The van der Waals surface area contributed by atoms with Gasteiger partial charge >= 0.3 is 0 Å². The highest BCUT2D eigenvalue weighted by atomic mass is 16.5. The van der Waals surface area contributed by atoms with Gasteiger partial charge in [-0.15, -0.1) is 0 Å². The quantitative estimate of drug-likeness (QED) is 0.752. The van der Waals surface area contributed by atoms with Gasteiger partial charge in [-0.05, 0) is 33.1 Å². The lowest BCUT2D eigenvalue weighted by molar-refractivity contribution is -0.124. The van der Waals surface area contributed by atoms with Crippen molar-refractivity contribution in [2.75, 3.05) is 32.7 Å². The Balaban J connectivity index is 1.67. The number of ketones is 1. The average molecular weight is 296 g/mol. The number of rotatable bonds is 6. The van der Waals surface area contributed by atoms with Gasteiger partial charge in [0.1, 0.15) is 5.78 Å². The molecule has 2 fully saturated rings. The number of piperidine rings is 1. The van der Waals surface area contributed by atoms with Crippen molar-refractivity contribution in [3.8, 4) is 0 Å². The second kappa shape index (κ2) is 7.70. The lowest BCUT2D eigenvalue weighted by Gasteiger charge is -2.33. The molecule has 0 aromatic carbocycles. The molecule has 0 N–H and O–H groups in total. The van der Waals surface area contributed by atoms with E-state index in [2.05, 4.69) is 23.6 Å². The van der Waals surface area contributed by atoms with E-state index in [1.807, 2.05) is 13.8 Å². The number of ether oxygens (including phenoxy) is 1. The summed E-state index contributed by atoms with van der Waals surface area (Å²) < 4.78 is 6.28. The van der Waals surface area contributed by atoms with Crippen LogP contribution in [0.15, 0.2) is 0 Å². The van der Waals surface area contributed by atoms with Crippen LogP contribution in [-0.2, 0) is 9.53 Å². The molecule has 0 unspecified atom stereocenters. The second-order valence-corrected chi connectivity index (χ2v) is 7.23. The molecule has 0 spiro atoms. The number of carbonyl (C=O) groups is 1. The molecule has 0 aromatic heterocycles. The highest BCUT2D eigenvalue weighted by molar-refractivity contribution is 5.82. The third-order valence-corrected chi connectivity index (χ3v) is 4.85. The van der Waals surface area contributed by atoms with E-state index < -0.39 is 0 Å². The minimum absolute atomic E-state index is 0.152. The normalized spacial score (nSPS) is 26.1. The summed E-state index contributed by atoms with van der Waals surface area (Å²) in [4.78, 5) is 16.6. The standard InChI is InChI=1S/C17H32N2O2/c1-13(2)17(20)12-18-8-5-15(6-9-18)21-16-7-10-19(11-16)14(3)4/h13-16H,5-12H2,1-4H3/t16-/m0/s1. The smallest absolute Gasteiger partial charge is 0.149 e. The fourth-order valence-electron chi connectivity index (χ4n) is 3.21. The topological polar surface area (TPSA) is 32.8 Å². The number of Topliss-reactive ketones (excluding diaryl/α,β-unsaturated/α-hetero) is 1. The summed E-state index contributed by atoms with van der Waals surface area (Å²) in [5.41, 5.74) is 0. The maximum absolute atomic E-state index is 11.8. The van der Waals surface area contributed by atoms with Crippen molar-refractivity contribution >= 4 is 5.78 Å². The first kappa shape index (κ1) is 16.9. The molecule has 0 radical (unpaired) electrons. The number of nitrogens with zero attached hydrogens (tertiary/aromatic N) is 2. The Morgan fingerprint density at radius 2 is 1.67 bits per heavy atom. The van der Waals surface area contributed by atoms with Gasteiger partial charge in [0.05, 0.1) is 18.8 Å². The Morgan fingerprint density at radius 3 is 2.19 bits per heavy atom. The molecule has 122 valence electrons. The fourth-order valence-corrected chi connectivity index (χ4v) is 3.21. The fraction of sp³-hybridized carbons (Fsp3) is 0.941. The molecule has 2 rings (SSSR count). The van der Waals surface area contributed by atoms with Crippen molar-refractivity contribution in [1.82, 2.24) is 9.80 Å². The number of hydrogen-bond donors (Lipinski definition) is 0. The summed E-state index contributed by atoms with van der Waals surface area (Å²) in [6.45, 7) is 13.4. The van der Waals surface area contributed by atoms with Gasteiger partial charge in [-0.1, -0.05) is 13.8 Å². The molecule has 1 atom stereocenters. The first-order valence-corrected chi connectivity index (χ1v) is 8.60. The van der Waals surface area contributed by atoms with Crippen LogP contribution < -0.4 is 0 Å². The molecule has 2 saturated heterocycles. The minimum Gasteiger partial charge on any atom is -0.374 e. The lowest BCUT2D eigenvalue weighted by atomic mass is 10.0. The SMILES string of the molecule is CC(C)C(=O)CN1CCC(O[C@H]2CCN(C(C)C)C2)CC1. The maximum atomic E-state index is 11.8. The molecule has 2 aliphatic heterocycles.